The number of halogens is 3. The Labute approximate surface area is 178 Å². The largest absolute Gasteiger partial charge is 0.573 e. The van der Waals surface area contributed by atoms with E-state index < -0.39 is 6.36 Å². The molecule has 0 spiro atoms. The predicted molar refractivity (Wildman–Crippen MR) is 113 cm³/mol. The summed E-state index contributed by atoms with van der Waals surface area (Å²) in [6.07, 6.45) is -4.78. The van der Waals surface area contributed by atoms with Gasteiger partial charge in [-0.3, -0.25) is 0 Å². The highest BCUT2D eigenvalue weighted by Crippen LogP contribution is 2.29. The van der Waals surface area contributed by atoms with Crippen LogP contribution in [0.2, 0.25) is 0 Å². The molecule has 0 aliphatic heterocycles. The first-order valence-electron chi connectivity index (χ1n) is 9.64. The van der Waals surface area contributed by atoms with Crippen molar-refractivity contribution in [3.8, 4) is 17.0 Å². The molecule has 31 heavy (non-hydrogen) atoms. The molecule has 9 heteroatoms. The quantitative estimate of drug-likeness (QED) is 0.477. The zero-order valence-corrected chi connectivity index (χ0v) is 17.1. The van der Waals surface area contributed by atoms with Crippen molar-refractivity contribution in [2.45, 2.75) is 32.8 Å². The first-order valence-corrected chi connectivity index (χ1v) is 9.64. The Balaban J connectivity index is 1.92. The minimum atomic E-state index is -4.78. The summed E-state index contributed by atoms with van der Waals surface area (Å²) in [6, 6.07) is 14.8. The molecule has 1 atom stereocenters. The van der Waals surface area contributed by atoms with Crippen molar-refractivity contribution in [2.75, 3.05) is 17.2 Å². The average Bonchev–Trinajstić information content (AvgIpc) is 2.72. The van der Waals surface area contributed by atoms with E-state index in [1.165, 1.54) is 18.2 Å². The van der Waals surface area contributed by atoms with Gasteiger partial charge in [0.25, 0.3) is 0 Å². The molecular weight excluding hydrogens is 409 g/mol. The van der Waals surface area contributed by atoms with Gasteiger partial charge < -0.3 is 20.5 Å². The van der Waals surface area contributed by atoms with Crippen LogP contribution in [-0.2, 0) is 6.54 Å². The molecule has 0 aliphatic rings. The third-order valence-electron chi connectivity index (χ3n) is 4.46. The zero-order valence-electron chi connectivity index (χ0n) is 17.1. The molecule has 1 heterocycles. The van der Waals surface area contributed by atoms with Gasteiger partial charge in [-0.2, -0.15) is 4.98 Å². The smallest absolute Gasteiger partial charge is 0.406 e. The zero-order chi connectivity index (χ0) is 22.4. The van der Waals surface area contributed by atoms with E-state index in [2.05, 4.69) is 25.3 Å². The maximum atomic E-state index is 12.6. The summed E-state index contributed by atoms with van der Waals surface area (Å²) in [4.78, 5) is 8.81. The summed E-state index contributed by atoms with van der Waals surface area (Å²) in [6.45, 7) is 4.14. The maximum absolute atomic E-state index is 12.6. The Morgan fingerprint density at radius 3 is 2.55 bits per heavy atom. The molecule has 3 N–H and O–H groups in total. The van der Waals surface area contributed by atoms with Crippen LogP contribution < -0.4 is 15.4 Å². The third kappa shape index (κ3) is 6.58. The highest BCUT2D eigenvalue weighted by atomic mass is 19.4. The van der Waals surface area contributed by atoms with Gasteiger partial charge in [-0.15, -0.1) is 13.2 Å². The lowest BCUT2D eigenvalue weighted by Gasteiger charge is -2.15. The molecule has 0 saturated carbocycles. The highest BCUT2D eigenvalue weighted by molar-refractivity contribution is 5.66. The van der Waals surface area contributed by atoms with Crippen LogP contribution in [0.1, 0.15) is 18.1 Å². The van der Waals surface area contributed by atoms with E-state index in [9.17, 15) is 18.3 Å². The van der Waals surface area contributed by atoms with Crippen LogP contribution in [-0.4, -0.2) is 34.1 Å². The maximum Gasteiger partial charge on any atom is 0.573 e. The number of aromatic nitrogens is 2. The summed E-state index contributed by atoms with van der Waals surface area (Å²) >= 11 is 0. The van der Waals surface area contributed by atoms with E-state index in [0.717, 1.165) is 11.1 Å². The second-order valence-corrected chi connectivity index (χ2v) is 7.05. The second kappa shape index (κ2) is 9.65. The molecule has 0 amide bonds. The van der Waals surface area contributed by atoms with Gasteiger partial charge in [-0.1, -0.05) is 36.4 Å². The molecule has 6 nitrogen and oxygen atoms in total. The number of nitrogens with zero attached hydrogens (tertiary/aromatic N) is 2. The number of anilines is 2. The Bertz CT molecular complexity index is 1030. The van der Waals surface area contributed by atoms with Crippen LogP contribution in [0.25, 0.3) is 11.3 Å². The fourth-order valence-electron chi connectivity index (χ4n) is 2.86. The minimum Gasteiger partial charge on any atom is -0.406 e. The van der Waals surface area contributed by atoms with Crippen LogP contribution >= 0.6 is 0 Å². The lowest BCUT2D eigenvalue weighted by molar-refractivity contribution is -0.274. The van der Waals surface area contributed by atoms with Gasteiger partial charge in [0.15, 0.2) is 0 Å². The Hall–Kier alpha value is -3.33. The molecule has 2 aromatic carbocycles. The monoisotopic (exact) mass is 432 g/mol. The Morgan fingerprint density at radius 1 is 1.06 bits per heavy atom. The number of nitrogens with one attached hydrogen (secondary N) is 2. The van der Waals surface area contributed by atoms with Crippen LogP contribution in [0, 0.1) is 6.92 Å². The number of rotatable bonds is 8. The number of hydrogen-bond acceptors (Lipinski definition) is 6. The van der Waals surface area contributed by atoms with Crippen LogP contribution in [0.3, 0.4) is 0 Å². The molecule has 0 bridgehead atoms. The molecule has 3 rings (SSSR count). The van der Waals surface area contributed by atoms with E-state index in [1.54, 1.807) is 19.1 Å². The van der Waals surface area contributed by atoms with Crippen molar-refractivity contribution in [1.82, 2.24) is 9.97 Å². The van der Waals surface area contributed by atoms with Gasteiger partial charge in [0, 0.05) is 24.2 Å². The van der Waals surface area contributed by atoms with E-state index in [4.69, 9.17) is 0 Å². The van der Waals surface area contributed by atoms with Crippen molar-refractivity contribution in [3.05, 3.63) is 65.7 Å². The number of aryl methyl sites for hydroxylation is 1. The van der Waals surface area contributed by atoms with Crippen molar-refractivity contribution < 1.29 is 23.0 Å². The van der Waals surface area contributed by atoms with Gasteiger partial charge >= 0.3 is 6.36 Å². The molecule has 3 aromatic rings. The lowest BCUT2D eigenvalue weighted by atomic mass is 10.1. The summed E-state index contributed by atoms with van der Waals surface area (Å²) in [5.41, 5.74) is 3.04. The van der Waals surface area contributed by atoms with Crippen LogP contribution in [0.5, 0.6) is 5.75 Å². The fourth-order valence-corrected chi connectivity index (χ4v) is 2.86. The van der Waals surface area contributed by atoms with Crippen molar-refractivity contribution in [2.24, 2.45) is 0 Å². The van der Waals surface area contributed by atoms with Crippen molar-refractivity contribution >= 4 is 11.8 Å². The molecule has 1 aromatic heterocycles. The number of aliphatic hydroxyl groups excluding tert-OH is 1. The molecule has 0 saturated heterocycles. The molecule has 0 aliphatic carbocycles. The number of aliphatic hydroxyl groups is 1. The normalized spacial score (nSPS) is 12.3. The predicted octanol–water partition coefficient (Wildman–Crippen LogP) is 4.76. The number of ether oxygens (including phenoxy) is 1. The Kier molecular flexibility index (Phi) is 6.96. The van der Waals surface area contributed by atoms with Gasteiger partial charge in [0.05, 0.1) is 12.3 Å². The summed E-state index contributed by atoms with van der Waals surface area (Å²) in [5.74, 6) is 0.396. The first kappa shape index (κ1) is 22.4. The SMILES string of the molecule is Cc1ccccc1CNc1cc(-c2cccc(OC(F)(F)F)c2)nc(N[C@H](C)CO)n1. The van der Waals surface area contributed by atoms with Crippen molar-refractivity contribution in [3.63, 3.8) is 0 Å². The molecule has 0 unspecified atom stereocenters. The standard InChI is InChI=1S/C22H23F3N4O2/c1-14-6-3-4-7-17(14)12-26-20-11-19(28-21(29-20)27-15(2)13-30)16-8-5-9-18(10-16)31-22(23,24)25/h3-11,15,30H,12-13H2,1-2H3,(H2,26,27,28,29)/t15-/m1/s1. The fraction of sp³-hybridized carbons (Fsp3) is 0.273. The van der Waals surface area contributed by atoms with Crippen molar-refractivity contribution in [1.29, 1.82) is 0 Å². The molecular formula is C22H23F3N4O2. The number of hydrogen-bond donors (Lipinski definition) is 3. The molecule has 0 radical (unpaired) electrons. The number of benzene rings is 2. The van der Waals surface area contributed by atoms with Gasteiger partial charge in [-0.05, 0) is 37.1 Å². The van der Waals surface area contributed by atoms with Crippen LogP contribution in [0.4, 0.5) is 24.9 Å². The van der Waals surface area contributed by atoms with E-state index in [0.29, 0.717) is 23.6 Å². The summed E-state index contributed by atoms with van der Waals surface area (Å²) in [5, 5.41) is 15.5. The van der Waals surface area contributed by atoms with Crippen LogP contribution in [0.15, 0.2) is 54.6 Å². The number of alkyl halides is 3. The van der Waals surface area contributed by atoms with E-state index in [-0.39, 0.29) is 24.3 Å². The third-order valence-corrected chi connectivity index (χ3v) is 4.46. The first-order chi connectivity index (χ1) is 14.7. The molecule has 164 valence electrons. The topological polar surface area (TPSA) is 79.3 Å². The average molecular weight is 432 g/mol. The molecule has 0 fully saturated rings. The lowest BCUT2D eigenvalue weighted by Crippen LogP contribution is -2.21. The minimum absolute atomic E-state index is 0.130. The Morgan fingerprint density at radius 2 is 1.84 bits per heavy atom. The second-order valence-electron chi connectivity index (χ2n) is 7.05. The van der Waals surface area contributed by atoms with E-state index >= 15 is 0 Å². The van der Waals surface area contributed by atoms with Gasteiger partial charge in [0.2, 0.25) is 5.95 Å². The summed E-state index contributed by atoms with van der Waals surface area (Å²) in [7, 11) is 0. The summed E-state index contributed by atoms with van der Waals surface area (Å²) < 4.78 is 41.8. The highest BCUT2D eigenvalue weighted by Gasteiger charge is 2.31. The van der Waals surface area contributed by atoms with Gasteiger partial charge in [0.1, 0.15) is 11.6 Å². The van der Waals surface area contributed by atoms with E-state index in [1.807, 2.05) is 31.2 Å². The van der Waals surface area contributed by atoms with Gasteiger partial charge in [-0.25, -0.2) is 4.98 Å².